The van der Waals surface area contributed by atoms with E-state index in [9.17, 15) is 0 Å². The Bertz CT molecular complexity index is 264. The number of hydrogen-bond donors (Lipinski definition) is 0. The van der Waals surface area contributed by atoms with Gasteiger partial charge in [-0.25, -0.2) is 30.7 Å². The van der Waals surface area contributed by atoms with Crippen molar-refractivity contribution in [2.75, 3.05) is 0 Å². The first-order valence-electron chi connectivity index (χ1n) is 6.56. The summed E-state index contributed by atoms with van der Waals surface area (Å²) in [6.07, 6.45) is 16.3. The molecule has 1 heteroatoms. The van der Waals surface area contributed by atoms with Crippen LogP contribution >= 0.6 is 0 Å². The van der Waals surface area contributed by atoms with E-state index in [1.165, 1.54) is 5.57 Å². The van der Waals surface area contributed by atoms with Crippen LogP contribution in [0.1, 0.15) is 33.1 Å². The predicted molar refractivity (Wildman–Crippen MR) is 81.4 cm³/mol. The van der Waals surface area contributed by atoms with Crippen molar-refractivity contribution in [3.8, 4) is 0 Å². The van der Waals surface area contributed by atoms with Crippen LogP contribution in [-0.4, -0.2) is 0 Å². The number of allylic oxidation sites excluding steroid dienone is 4. The molecule has 0 N–H and O–H groups in total. The fraction of sp³-hybridized carbons (Fsp3) is 0.278. The van der Waals surface area contributed by atoms with Gasteiger partial charge in [0.05, 0.1) is 0 Å². The molecule has 0 nitrogen and oxygen atoms in total. The van der Waals surface area contributed by atoms with Crippen LogP contribution < -0.4 is 0 Å². The molecule has 0 aliphatic heterocycles. The summed E-state index contributed by atoms with van der Waals surface area (Å²) in [5.41, 5.74) is 1.35. The maximum atomic E-state index is 3.78. The van der Waals surface area contributed by atoms with Crippen molar-refractivity contribution < 1.29 is 26.2 Å². The van der Waals surface area contributed by atoms with Gasteiger partial charge >= 0.3 is 26.2 Å². The summed E-state index contributed by atoms with van der Waals surface area (Å²) in [4.78, 5) is 0. The molecule has 0 atom stereocenters. The Morgan fingerprint density at radius 1 is 1.21 bits per heavy atom. The van der Waals surface area contributed by atoms with Crippen LogP contribution in [0.15, 0.2) is 48.1 Å². The molecule has 100 valence electrons. The Morgan fingerprint density at radius 2 is 1.89 bits per heavy atom. The van der Waals surface area contributed by atoms with Crippen LogP contribution in [0.4, 0.5) is 0 Å². The van der Waals surface area contributed by atoms with Crippen LogP contribution in [0, 0.1) is 32.3 Å². The zero-order valence-corrected chi connectivity index (χ0v) is 14.6. The Morgan fingerprint density at radius 3 is 2.05 bits per heavy atom. The van der Waals surface area contributed by atoms with Crippen molar-refractivity contribution in [2.45, 2.75) is 33.1 Å². The molecule has 0 spiro atoms. The van der Waals surface area contributed by atoms with E-state index in [2.05, 4.69) is 26.8 Å². The maximum Gasteiger partial charge on any atom is 4.00 e. The van der Waals surface area contributed by atoms with Crippen molar-refractivity contribution in [3.63, 3.8) is 0 Å². The summed E-state index contributed by atoms with van der Waals surface area (Å²) in [5.74, 6) is 0. The predicted octanol–water partition coefficient (Wildman–Crippen LogP) is 5.33. The zero-order valence-electron chi connectivity index (χ0n) is 12.1. The molecule has 2 radical (unpaired) electrons. The van der Waals surface area contributed by atoms with Crippen molar-refractivity contribution in [1.29, 1.82) is 0 Å². The van der Waals surface area contributed by atoms with E-state index in [-0.39, 0.29) is 26.2 Å². The molecule has 0 bridgehead atoms. The molecule has 0 heterocycles. The van der Waals surface area contributed by atoms with Crippen LogP contribution in [0.2, 0.25) is 0 Å². The number of hydrogen-bond acceptors (Lipinski definition) is 0. The second-order valence-electron chi connectivity index (χ2n) is 3.66. The monoisotopic (exact) mass is 330 g/mol. The van der Waals surface area contributed by atoms with Gasteiger partial charge in [0, 0.05) is 0 Å². The Balaban J connectivity index is 0. The summed E-state index contributed by atoms with van der Waals surface area (Å²) < 4.78 is 0. The Hall–Kier alpha value is -0.417. The minimum Gasteiger partial charge on any atom is -0.500 e. The molecule has 0 saturated heterocycles. The third kappa shape index (κ3) is 15.5. The van der Waals surface area contributed by atoms with Gasteiger partial charge in [-0.2, -0.15) is 31.0 Å². The van der Waals surface area contributed by atoms with Crippen molar-refractivity contribution in [1.82, 2.24) is 0 Å². The van der Waals surface area contributed by atoms with Gasteiger partial charge in [-0.1, -0.05) is 20.3 Å². The fourth-order valence-corrected chi connectivity index (χ4v) is 1.28. The molecule has 0 saturated carbocycles. The average Bonchev–Trinajstić information content (AvgIpc) is 3.13. The molecule has 0 fully saturated rings. The van der Waals surface area contributed by atoms with E-state index < -0.39 is 0 Å². The van der Waals surface area contributed by atoms with E-state index in [0.29, 0.717) is 0 Å². The van der Waals surface area contributed by atoms with Crippen LogP contribution in [0.3, 0.4) is 0 Å². The van der Waals surface area contributed by atoms with Gasteiger partial charge in [0.1, 0.15) is 0 Å². The average molecular weight is 332 g/mol. The maximum absolute atomic E-state index is 3.78. The molecule has 1 aliphatic rings. The first-order chi connectivity index (χ1) is 8.85. The van der Waals surface area contributed by atoms with Gasteiger partial charge < -0.3 is 13.0 Å². The van der Waals surface area contributed by atoms with E-state index in [1.54, 1.807) is 0 Å². The molecule has 0 unspecified atom stereocenters. The number of rotatable bonds is 3. The molecule has 1 aromatic carbocycles. The molecule has 0 aromatic heterocycles. The summed E-state index contributed by atoms with van der Waals surface area (Å²) in [5, 5.41) is 0. The quantitative estimate of drug-likeness (QED) is 0.657. The van der Waals surface area contributed by atoms with Gasteiger partial charge in [-0.3, -0.25) is 5.57 Å². The molecular formula is C18H24Zr. The molecular weight excluding hydrogens is 307 g/mol. The largest absolute Gasteiger partial charge is 4.00 e. The van der Waals surface area contributed by atoms with E-state index >= 15 is 0 Å². The van der Waals surface area contributed by atoms with Gasteiger partial charge in [0.25, 0.3) is 0 Å². The van der Waals surface area contributed by atoms with Crippen LogP contribution in [0.5, 0.6) is 0 Å². The Labute approximate surface area is 139 Å². The third-order valence-corrected chi connectivity index (χ3v) is 2.27. The van der Waals surface area contributed by atoms with Crippen LogP contribution in [-0.2, 0) is 26.2 Å². The third-order valence-electron chi connectivity index (χ3n) is 2.27. The van der Waals surface area contributed by atoms with Gasteiger partial charge in [-0.15, -0.1) is 12.8 Å². The minimum atomic E-state index is 0. The van der Waals surface area contributed by atoms with E-state index in [0.717, 1.165) is 19.3 Å². The van der Waals surface area contributed by atoms with Crippen molar-refractivity contribution in [3.05, 3.63) is 80.3 Å². The normalized spacial score (nSPS) is 12.3. The first-order valence-corrected chi connectivity index (χ1v) is 6.56. The standard InChI is InChI=1S/C8H14.2C5H5.Zr/c1-4-7-8(5-2)6-3;2*1-2-4-5-3-1;/h2,4-6H2,1,3H3;2*1-5H;/q-2;2*-1;+4. The van der Waals surface area contributed by atoms with Gasteiger partial charge in [0.2, 0.25) is 0 Å². The van der Waals surface area contributed by atoms with Crippen molar-refractivity contribution in [2.24, 2.45) is 0 Å². The second-order valence-corrected chi connectivity index (χ2v) is 3.66. The topological polar surface area (TPSA) is 0 Å². The summed E-state index contributed by atoms with van der Waals surface area (Å²) >= 11 is 0. The minimum absolute atomic E-state index is 0. The fourth-order valence-electron chi connectivity index (χ4n) is 1.28. The summed E-state index contributed by atoms with van der Waals surface area (Å²) in [6, 6.07) is 10.0. The van der Waals surface area contributed by atoms with Crippen molar-refractivity contribution >= 4 is 0 Å². The molecule has 0 amide bonds. The second kappa shape index (κ2) is 17.6. The molecule has 2 rings (SSSR count). The molecule has 1 aromatic rings. The molecule has 1 aliphatic carbocycles. The SMILES string of the molecule is [CH2-]CC(=[C-]CC)CC.[CH]1[CH][CH-]C=C1.[Zr+4].c1cc[cH-]c1. The zero-order chi connectivity index (χ0) is 13.5. The van der Waals surface area contributed by atoms with Crippen LogP contribution in [0.25, 0.3) is 0 Å². The molecule has 19 heavy (non-hydrogen) atoms. The smallest absolute Gasteiger partial charge is 0.500 e. The summed E-state index contributed by atoms with van der Waals surface area (Å²) in [7, 11) is 0. The summed E-state index contributed by atoms with van der Waals surface area (Å²) in [6.45, 7) is 8.02. The Kier molecular flexibility index (Phi) is 19.3. The van der Waals surface area contributed by atoms with E-state index in [1.807, 2.05) is 61.7 Å². The van der Waals surface area contributed by atoms with E-state index in [4.69, 9.17) is 0 Å². The first kappa shape index (κ1) is 20.9. The van der Waals surface area contributed by atoms with Gasteiger partial charge in [0.15, 0.2) is 0 Å². The van der Waals surface area contributed by atoms with Gasteiger partial charge in [-0.05, 0) is 0 Å².